The highest BCUT2D eigenvalue weighted by atomic mass is 79.9. The fraction of sp³-hybridized carbons (Fsp3) is 0.625. The van der Waals surface area contributed by atoms with E-state index in [0.29, 0.717) is 5.92 Å². The van der Waals surface area contributed by atoms with E-state index in [1.165, 1.54) is 19.3 Å². The first-order valence-electron chi connectivity index (χ1n) is 7.06. The molecule has 1 saturated carbocycles. The third kappa shape index (κ3) is 3.17. The Morgan fingerprint density at radius 1 is 1.26 bits per heavy atom. The Bertz CT molecular complexity index is 458. The van der Waals surface area contributed by atoms with Crippen molar-refractivity contribution in [2.45, 2.75) is 45.6 Å². The molecule has 4 unspecified atom stereocenters. The molecule has 19 heavy (non-hydrogen) atoms. The first-order valence-corrected chi connectivity index (χ1v) is 8.24. The molecule has 0 heterocycles. The van der Waals surface area contributed by atoms with Crippen LogP contribution in [0.15, 0.2) is 22.7 Å². The Kier molecular flexibility index (Phi) is 4.64. The highest BCUT2D eigenvalue weighted by molar-refractivity contribution is 9.10. The molecule has 4 atom stereocenters. The second kappa shape index (κ2) is 5.75. The van der Waals surface area contributed by atoms with Gasteiger partial charge >= 0.3 is 0 Å². The minimum Gasteiger partial charge on any atom is -0.321 e. The molecule has 1 aliphatic rings. The number of rotatable bonds is 2. The van der Waals surface area contributed by atoms with Crippen LogP contribution in [0.5, 0.6) is 0 Å². The average Bonchev–Trinajstić information content (AvgIpc) is 2.32. The van der Waals surface area contributed by atoms with E-state index in [-0.39, 0.29) is 5.54 Å². The van der Waals surface area contributed by atoms with Crippen LogP contribution in [-0.4, -0.2) is 0 Å². The molecule has 106 valence electrons. The van der Waals surface area contributed by atoms with E-state index in [1.807, 2.05) is 12.1 Å². The zero-order chi connectivity index (χ0) is 14.2. The normalized spacial score (nSPS) is 30.9. The Labute approximate surface area is 130 Å². The van der Waals surface area contributed by atoms with Crippen LogP contribution in [0, 0.1) is 17.8 Å². The summed E-state index contributed by atoms with van der Waals surface area (Å²) in [4.78, 5) is 0. The largest absolute Gasteiger partial charge is 0.321 e. The summed E-state index contributed by atoms with van der Waals surface area (Å²) in [6, 6.07) is 6.03. The maximum absolute atomic E-state index is 6.67. The smallest absolute Gasteiger partial charge is 0.0467 e. The molecule has 0 aliphatic heterocycles. The minimum absolute atomic E-state index is 0.341. The number of hydrogen-bond donors (Lipinski definition) is 1. The predicted molar refractivity (Wildman–Crippen MR) is 86.4 cm³/mol. The fourth-order valence-electron chi connectivity index (χ4n) is 3.24. The van der Waals surface area contributed by atoms with E-state index in [4.69, 9.17) is 17.3 Å². The summed E-state index contributed by atoms with van der Waals surface area (Å²) in [5.41, 5.74) is 7.40. The lowest BCUT2D eigenvalue weighted by atomic mass is 9.67. The van der Waals surface area contributed by atoms with Crippen LogP contribution in [-0.2, 0) is 5.54 Å². The van der Waals surface area contributed by atoms with Gasteiger partial charge in [0.15, 0.2) is 0 Å². The molecule has 1 aliphatic carbocycles. The van der Waals surface area contributed by atoms with Crippen LogP contribution in [0.4, 0.5) is 0 Å². The molecule has 0 spiro atoms. The molecule has 1 nitrogen and oxygen atoms in total. The molecule has 2 rings (SSSR count). The van der Waals surface area contributed by atoms with Gasteiger partial charge in [0.05, 0.1) is 0 Å². The van der Waals surface area contributed by atoms with Crippen LogP contribution in [0.1, 0.15) is 45.6 Å². The molecule has 1 aromatic rings. The van der Waals surface area contributed by atoms with Crippen LogP contribution >= 0.6 is 27.5 Å². The number of halogens is 2. The molecule has 3 heteroatoms. The Morgan fingerprint density at radius 2 is 1.95 bits per heavy atom. The van der Waals surface area contributed by atoms with Crippen molar-refractivity contribution in [1.29, 1.82) is 0 Å². The molecule has 0 aromatic heterocycles. The van der Waals surface area contributed by atoms with Crippen LogP contribution in [0.25, 0.3) is 0 Å². The third-order valence-corrected chi connectivity index (χ3v) is 5.76. The molecular weight excluding hydrogens is 322 g/mol. The lowest BCUT2D eigenvalue weighted by Gasteiger charge is -2.42. The summed E-state index contributed by atoms with van der Waals surface area (Å²) in [5, 5.41) is 0.769. The van der Waals surface area contributed by atoms with Crippen molar-refractivity contribution < 1.29 is 0 Å². The summed E-state index contributed by atoms with van der Waals surface area (Å²) >= 11 is 9.84. The molecule has 0 radical (unpaired) electrons. The first kappa shape index (κ1) is 15.3. The zero-order valence-corrected chi connectivity index (χ0v) is 14.3. The van der Waals surface area contributed by atoms with Gasteiger partial charge < -0.3 is 5.73 Å². The van der Waals surface area contributed by atoms with Crippen molar-refractivity contribution in [2.75, 3.05) is 0 Å². The first-order chi connectivity index (χ1) is 8.82. The topological polar surface area (TPSA) is 26.0 Å². The van der Waals surface area contributed by atoms with Gasteiger partial charge in [-0.15, -0.1) is 0 Å². The van der Waals surface area contributed by atoms with Gasteiger partial charge in [0, 0.05) is 15.0 Å². The maximum Gasteiger partial charge on any atom is 0.0467 e. The molecular formula is C16H23BrClN. The van der Waals surface area contributed by atoms with Gasteiger partial charge in [0.2, 0.25) is 0 Å². The summed E-state index contributed by atoms with van der Waals surface area (Å²) < 4.78 is 1.00. The summed E-state index contributed by atoms with van der Waals surface area (Å²) in [7, 11) is 0. The lowest BCUT2D eigenvalue weighted by molar-refractivity contribution is 0.142. The van der Waals surface area contributed by atoms with E-state index in [0.717, 1.165) is 26.9 Å². The van der Waals surface area contributed by atoms with Crippen molar-refractivity contribution >= 4 is 27.5 Å². The Morgan fingerprint density at radius 3 is 2.53 bits per heavy atom. The minimum atomic E-state index is -0.341. The van der Waals surface area contributed by atoms with E-state index in [1.54, 1.807) is 0 Å². The highest BCUT2D eigenvalue weighted by Gasteiger charge is 2.37. The van der Waals surface area contributed by atoms with Gasteiger partial charge in [-0.3, -0.25) is 0 Å². The van der Waals surface area contributed by atoms with Crippen molar-refractivity contribution in [3.63, 3.8) is 0 Å². The summed E-state index contributed by atoms with van der Waals surface area (Å²) in [6.07, 6.45) is 3.66. The van der Waals surface area contributed by atoms with E-state index in [2.05, 4.69) is 42.8 Å². The SMILES string of the molecule is CC1CCC(C(C)(N)c2ccc(Br)cc2Cl)CC1C. The Balaban J connectivity index is 2.26. The number of hydrogen-bond acceptors (Lipinski definition) is 1. The Hall–Kier alpha value is -0.0500. The lowest BCUT2D eigenvalue weighted by Crippen LogP contribution is -2.44. The molecule has 0 saturated heterocycles. The van der Waals surface area contributed by atoms with Crippen molar-refractivity contribution in [3.05, 3.63) is 33.3 Å². The second-order valence-electron chi connectivity index (χ2n) is 6.37. The average molecular weight is 345 g/mol. The van der Waals surface area contributed by atoms with Crippen molar-refractivity contribution in [3.8, 4) is 0 Å². The maximum atomic E-state index is 6.67. The van der Waals surface area contributed by atoms with Gasteiger partial charge in [0.25, 0.3) is 0 Å². The molecule has 2 N–H and O–H groups in total. The fourth-order valence-corrected chi connectivity index (χ4v) is 4.12. The summed E-state index contributed by atoms with van der Waals surface area (Å²) in [5.74, 6) is 2.07. The number of benzene rings is 1. The standard InChI is InChI=1S/C16H23BrClN/c1-10-4-5-12(8-11(10)2)16(3,19)14-7-6-13(17)9-15(14)18/h6-7,9-12H,4-5,8,19H2,1-3H3. The van der Waals surface area contributed by atoms with Crippen LogP contribution < -0.4 is 5.73 Å². The van der Waals surface area contributed by atoms with Crippen LogP contribution in [0.3, 0.4) is 0 Å². The van der Waals surface area contributed by atoms with Gasteiger partial charge in [-0.05, 0) is 55.2 Å². The van der Waals surface area contributed by atoms with E-state index >= 15 is 0 Å². The number of nitrogens with two attached hydrogens (primary N) is 1. The summed E-state index contributed by atoms with van der Waals surface area (Å²) in [6.45, 7) is 6.83. The molecule has 1 fully saturated rings. The molecule has 1 aromatic carbocycles. The molecule has 0 bridgehead atoms. The monoisotopic (exact) mass is 343 g/mol. The van der Waals surface area contributed by atoms with Gasteiger partial charge in [-0.2, -0.15) is 0 Å². The third-order valence-electron chi connectivity index (χ3n) is 4.96. The zero-order valence-electron chi connectivity index (χ0n) is 11.9. The van der Waals surface area contributed by atoms with Gasteiger partial charge in [0.1, 0.15) is 0 Å². The van der Waals surface area contributed by atoms with Crippen molar-refractivity contribution in [2.24, 2.45) is 23.5 Å². The van der Waals surface area contributed by atoms with Crippen molar-refractivity contribution in [1.82, 2.24) is 0 Å². The predicted octanol–water partition coefficient (Wildman–Crippen LogP) is 5.35. The molecule has 0 amide bonds. The van der Waals surface area contributed by atoms with Gasteiger partial charge in [-0.25, -0.2) is 0 Å². The quantitative estimate of drug-likeness (QED) is 0.769. The highest BCUT2D eigenvalue weighted by Crippen LogP contribution is 2.43. The van der Waals surface area contributed by atoms with E-state index < -0.39 is 0 Å². The van der Waals surface area contributed by atoms with Gasteiger partial charge in [-0.1, -0.05) is 53.9 Å². The van der Waals surface area contributed by atoms with E-state index in [9.17, 15) is 0 Å². The van der Waals surface area contributed by atoms with Crippen LogP contribution in [0.2, 0.25) is 5.02 Å². The second-order valence-corrected chi connectivity index (χ2v) is 7.69.